The first-order chi connectivity index (χ1) is 11.3. The van der Waals surface area contributed by atoms with Gasteiger partial charge in [0.15, 0.2) is 0 Å². The molecular formula is C22H36O2. The maximum Gasteiger partial charge on any atom is 0.330 e. The molecule has 24 heavy (non-hydrogen) atoms. The summed E-state index contributed by atoms with van der Waals surface area (Å²) in [6.45, 7) is 13.0. The standard InChI is InChI=1S/C22H36O2/c1-7-24-22(23)17-21(6)16-10-15-20(5)14-9-13-19(4)12-8-11-18(2)3/h11,13,15,17H,7-10,12,14,16H2,1-6H3/b19-13+,20-15-,21-17+. The largest absolute Gasteiger partial charge is 0.463 e. The second kappa shape index (κ2) is 13.8. The number of carbonyl (C=O) groups is 1. The molecule has 0 aromatic carbocycles. The van der Waals surface area contributed by atoms with Crippen molar-refractivity contribution in [2.45, 2.75) is 80.1 Å². The summed E-state index contributed by atoms with van der Waals surface area (Å²) in [4.78, 5) is 11.3. The summed E-state index contributed by atoms with van der Waals surface area (Å²) in [6, 6.07) is 0. The number of hydrogen-bond acceptors (Lipinski definition) is 2. The van der Waals surface area contributed by atoms with Crippen LogP contribution < -0.4 is 0 Å². The zero-order valence-corrected chi connectivity index (χ0v) is 16.6. The smallest absolute Gasteiger partial charge is 0.330 e. The SMILES string of the molecule is CCOC(=O)/C=C(\C)CC/C=C(/C)CC/C=C(\C)CCC=C(C)C. The Bertz CT molecular complexity index is 486. The summed E-state index contributed by atoms with van der Waals surface area (Å²) >= 11 is 0. The van der Waals surface area contributed by atoms with Crippen molar-refractivity contribution < 1.29 is 9.53 Å². The van der Waals surface area contributed by atoms with Gasteiger partial charge in [0, 0.05) is 6.08 Å². The van der Waals surface area contributed by atoms with Crippen LogP contribution in [0.2, 0.25) is 0 Å². The monoisotopic (exact) mass is 332 g/mol. The van der Waals surface area contributed by atoms with Gasteiger partial charge < -0.3 is 4.74 Å². The molecule has 0 saturated heterocycles. The molecule has 2 nitrogen and oxygen atoms in total. The molecule has 0 heterocycles. The topological polar surface area (TPSA) is 26.3 Å². The Kier molecular flexibility index (Phi) is 12.9. The predicted molar refractivity (Wildman–Crippen MR) is 105 cm³/mol. The van der Waals surface area contributed by atoms with E-state index < -0.39 is 0 Å². The third kappa shape index (κ3) is 14.0. The number of rotatable bonds is 11. The Morgan fingerprint density at radius 2 is 1.21 bits per heavy atom. The molecule has 0 N–H and O–H groups in total. The van der Waals surface area contributed by atoms with Crippen LogP contribution in [0.25, 0.3) is 0 Å². The molecule has 0 aliphatic carbocycles. The zero-order valence-electron chi connectivity index (χ0n) is 16.6. The van der Waals surface area contributed by atoms with Gasteiger partial charge in [0.1, 0.15) is 0 Å². The summed E-state index contributed by atoms with van der Waals surface area (Å²) in [5.74, 6) is -0.232. The molecule has 0 radical (unpaired) electrons. The van der Waals surface area contributed by atoms with Crippen molar-refractivity contribution in [2.75, 3.05) is 6.61 Å². The third-order valence-corrected chi connectivity index (χ3v) is 3.81. The zero-order chi connectivity index (χ0) is 18.4. The average Bonchev–Trinajstić information content (AvgIpc) is 2.46. The second-order valence-electron chi connectivity index (χ2n) is 6.74. The van der Waals surface area contributed by atoms with Crippen LogP contribution in [0.5, 0.6) is 0 Å². The first kappa shape index (κ1) is 22.4. The van der Waals surface area contributed by atoms with Crippen LogP contribution in [0.3, 0.4) is 0 Å². The lowest BCUT2D eigenvalue weighted by Crippen LogP contribution is -2.00. The van der Waals surface area contributed by atoms with E-state index in [-0.39, 0.29) is 5.97 Å². The van der Waals surface area contributed by atoms with Gasteiger partial charge in [-0.3, -0.25) is 0 Å². The molecule has 0 rings (SSSR count). The summed E-state index contributed by atoms with van der Waals surface area (Å²) in [5.41, 5.74) is 5.38. The van der Waals surface area contributed by atoms with Crippen LogP contribution in [-0.2, 0) is 9.53 Å². The van der Waals surface area contributed by atoms with E-state index in [1.807, 2.05) is 13.8 Å². The highest BCUT2D eigenvalue weighted by Gasteiger charge is 1.98. The molecule has 136 valence electrons. The van der Waals surface area contributed by atoms with Crippen molar-refractivity contribution >= 4 is 5.97 Å². The quantitative estimate of drug-likeness (QED) is 0.239. The van der Waals surface area contributed by atoms with Gasteiger partial charge in [-0.1, -0.05) is 40.5 Å². The van der Waals surface area contributed by atoms with Crippen molar-refractivity contribution in [1.29, 1.82) is 0 Å². The van der Waals surface area contributed by atoms with Crippen LogP contribution >= 0.6 is 0 Å². The van der Waals surface area contributed by atoms with Gasteiger partial charge in [-0.05, 0) is 80.1 Å². The van der Waals surface area contributed by atoms with Gasteiger partial charge in [-0.2, -0.15) is 0 Å². The van der Waals surface area contributed by atoms with E-state index in [2.05, 4.69) is 45.9 Å². The molecule has 0 unspecified atom stereocenters. The fourth-order valence-corrected chi connectivity index (χ4v) is 2.34. The maximum atomic E-state index is 11.3. The van der Waals surface area contributed by atoms with Crippen molar-refractivity contribution in [3.05, 3.63) is 46.6 Å². The predicted octanol–water partition coefficient (Wildman–Crippen LogP) is 6.70. The Hall–Kier alpha value is -1.57. The lowest BCUT2D eigenvalue weighted by molar-refractivity contribution is -0.137. The van der Waals surface area contributed by atoms with Crippen molar-refractivity contribution in [3.63, 3.8) is 0 Å². The van der Waals surface area contributed by atoms with Crippen molar-refractivity contribution in [1.82, 2.24) is 0 Å². The maximum absolute atomic E-state index is 11.3. The molecule has 0 aliphatic heterocycles. The van der Waals surface area contributed by atoms with E-state index in [0.29, 0.717) is 6.61 Å². The molecule has 0 aromatic rings. The van der Waals surface area contributed by atoms with E-state index in [4.69, 9.17) is 4.74 Å². The highest BCUT2D eigenvalue weighted by molar-refractivity contribution is 5.82. The lowest BCUT2D eigenvalue weighted by Gasteiger charge is -2.03. The first-order valence-electron chi connectivity index (χ1n) is 9.13. The van der Waals surface area contributed by atoms with Gasteiger partial charge in [0.25, 0.3) is 0 Å². The Balaban J connectivity index is 4.06. The van der Waals surface area contributed by atoms with Gasteiger partial charge in [-0.25, -0.2) is 4.79 Å². The van der Waals surface area contributed by atoms with E-state index >= 15 is 0 Å². The minimum Gasteiger partial charge on any atom is -0.463 e. The third-order valence-electron chi connectivity index (χ3n) is 3.81. The van der Waals surface area contributed by atoms with E-state index in [9.17, 15) is 4.79 Å². The van der Waals surface area contributed by atoms with E-state index in [1.165, 1.54) is 16.7 Å². The summed E-state index contributed by atoms with van der Waals surface area (Å²) in [6.07, 6.45) is 15.0. The fourth-order valence-electron chi connectivity index (χ4n) is 2.34. The molecule has 0 spiro atoms. The van der Waals surface area contributed by atoms with Crippen LogP contribution in [-0.4, -0.2) is 12.6 Å². The number of esters is 1. The summed E-state index contributed by atoms with van der Waals surface area (Å²) < 4.78 is 4.92. The van der Waals surface area contributed by atoms with Crippen LogP contribution in [0.1, 0.15) is 80.1 Å². The molecule has 0 amide bonds. The molecule has 0 saturated carbocycles. The average molecular weight is 333 g/mol. The van der Waals surface area contributed by atoms with Gasteiger partial charge in [-0.15, -0.1) is 0 Å². The first-order valence-corrected chi connectivity index (χ1v) is 9.13. The molecule has 0 aliphatic rings. The molecule has 0 fully saturated rings. The van der Waals surface area contributed by atoms with E-state index in [0.717, 1.165) is 44.1 Å². The lowest BCUT2D eigenvalue weighted by atomic mass is 10.0. The molecule has 0 atom stereocenters. The summed E-state index contributed by atoms with van der Waals surface area (Å²) in [5, 5.41) is 0. The Labute approximate surface area is 149 Å². The highest BCUT2D eigenvalue weighted by Crippen LogP contribution is 2.13. The van der Waals surface area contributed by atoms with Gasteiger partial charge in [0.05, 0.1) is 6.61 Å². The van der Waals surface area contributed by atoms with Crippen molar-refractivity contribution in [3.8, 4) is 0 Å². The molecule has 0 bridgehead atoms. The Morgan fingerprint density at radius 3 is 1.67 bits per heavy atom. The van der Waals surface area contributed by atoms with Gasteiger partial charge in [0.2, 0.25) is 0 Å². The van der Waals surface area contributed by atoms with Crippen molar-refractivity contribution in [2.24, 2.45) is 0 Å². The van der Waals surface area contributed by atoms with Crippen LogP contribution in [0.15, 0.2) is 46.6 Å². The molecular weight excluding hydrogens is 296 g/mol. The van der Waals surface area contributed by atoms with E-state index in [1.54, 1.807) is 6.08 Å². The minimum atomic E-state index is -0.232. The number of allylic oxidation sites excluding steroid dienone is 7. The molecule has 0 aromatic heterocycles. The van der Waals surface area contributed by atoms with Gasteiger partial charge >= 0.3 is 5.97 Å². The highest BCUT2D eigenvalue weighted by atomic mass is 16.5. The second-order valence-corrected chi connectivity index (χ2v) is 6.74. The normalized spacial score (nSPS) is 13.0. The minimum absolute atomic E-state index is 0.232. The van der Waals surface area contributed by atoms with Crippen LogP contribution in [0.4, 0.5) is 0 Å². The number of carbonyl (C=O) groups excluding carboxylic acids is 1. The fraction of sp³-hybridized carbons (Fsp3) is 0.591. The number of hydrogen-bond donors (Lipinski definition) is 0. The molecule has 2 heteroatoms. The Morgan fingerprint density at radius 1 is 0.750 bits per heavy atom. The summed E-state index contributed by atoms with van der Waals surface area (Å²) in [7, 11) is 0. The van der Waals surface area contributed by atoms with Crippen LogP contribution in [0, 0.1) is 0 Å². The number of ether oxygens (including phenoxy) is 1.